The van der Waals surface area contributed by atoms with Crippen molar-refractivity contribution < 1.29 is 14.4 Å². The average Bonchev–Trinajstić information content (AvgIpc) is 2.81. The number of hydrogen-bond donors (Lipinski definition) is 4. The number of anilines is 1. The molecule has 1 unspecified atom stereocenters. The Labute approximate surface area is 141 Å². The molecule has 1 fully saturated rings. The third-order valence-electron chi connectivity index (χ3n) is 4.13. The van der Waals surface area contributed by atoms with Gasteiger partial charge in [0.25, 0.3) is 5.91 Å². The molecule has 0 spiro atoms. The molecule has 0 bridgehead atoms. The molecule has 5 N–H and O–H groups in total. The monoisotopic (exact) mass is 332 g/mol. The van der Waals surface area contributed by atoms with E-state index < -0.39 is 17.5 Å². The molecular weight excluding hydrogens is 308 g/mol. The van der Waals surface area contributed by atoms with Crippen molar-refractivity contribution in [2.75, 3.05) is 11.9 Å². The lowest BCUT2D eigenvalue weighted by Crippen LogP contribution is -2.40. The Bertz CT molecular complexity index is 632. The van der Waals surface area contributed by atoms with Crippen molar-refractivity contribution >= 4 is 23.5 Å². The number of amides is 4. The second-order valence-corrected chi connectivity index (χ2v) is 6.12. The predicted molar refractivity (Wildman–Crippen MR) is 91.2 cm³/mol. The molecule has 1 heterocycles. The number of unbranched alkanes of at least 4 members (excludes halogenated alkanes) is 3. The first-order valence-electron chi connectivity index (χ1n) is 8.20. The maximum absolute atomic E-state index is 12.0. The van der Waals surface area contributed by atoms with E-state index in [2.05, 4.69) is 16.0 Å². The van der Waals surface area contributed by atoms with Gasteiger partial charge in [0, 0.05) is 12.1 Å². The molecule has 130 valence electrons. The minimum absolute atomic E-state index is 0.0649. The first-order valence-corrected chi connectivity index (χ1v) is 8.20. The van der Waals surface area contributed by atoms with Gasteiger partial charge in [-0.3, -0.25) is 14.9 Å². The lowest BCUT2D eigenvalue weighted by atomic mass is 9.92. The number of hydrogen-bond acceptors (Lipinski definition) is 4. The molecular formula is C17H24N4O3. The second-order valence-electron chi connectivity index (χ2n) is 6.12. The van der Waals surface area contributed by atoms with Gasteiger partial charge in [-0.05, 0) is 44.0 Å². The molecule has 1 aliphatic heterocycles. The van der Waals surface area contributed by atoms with Crippen molar-refractivity contribution in [3.63, 3.8) is 0 Å². The van der Waals surface area contributed by atoms with Crippen LogP contribution in [0.3, 0.4) is 0 Å². The Hall–Kier alpha value is -2.41. The summed E-state index contributed by atoms with van der Waals surface area (Å²) < 4.78 is 0. The SMILES string of the molecule is CC1(c2cccc(NC(=O)CCCCCCN)c2)NC(=O)NC1=O. The number of rotatable bonds is 8. The van der Waals surface area contributed by atoms with E-state index in [1.165, 1.54) is 0 Å². The summed E-state index contributed by atoms with van der Waals surface area (Å²) in [6.07, 6.45) is 4.27. The van der Waals surface area contributed by atoms with Crippen molar-refractivity contribution in [1.82, 2.24) is 10.6 Å². The van der Waals surface area contributed by atoms with Gasteiger partial charge in [0.2, 0.25) is 5.91 Å². The van der Waals surface area contributed by atoms with Crippen LogP contribution in [0.5, 0.6) is 0 Å². The summed E-state index contributed by atoms with van der Waals surface area (Å²) in [5.41, 5.74) is 5.53. The third-order valence-corrected chi connectivity index (χ3v) is 4.13. The number of nitrogens with one attached hydrogen (secondary N) is 3. The fourth-order valence-electron chi connectivity index (χ4n) is 2.66. The number of carbonyl (C=O) groups excluding carboxylic acids is 3. The second kappa shape index (κ2) is 7.92. The molecule has 2 rings (SSSR count). The topological polar surface area (TPSA) is 113 Å². The van der Waals surface area contributed by atoms with Gasteiger partial charge in [0.05, 0.1) is 0 Å². The van der Waals surface area contributed by atoms with Crippen molar-refractivity contribution in [1.29, 1.82) is 0 Å². The Morgan fingerprint density at radius 3 is 2.62 bits per heavy atom. The van der Waals surface area contributed by atoms with E-state index in [4.69, 9.17) is 5.73 Å². The Kier molecular flexibility index (Phi) is 5.92. The van der Waals surface area contributed by atoms with Crippen LogP contribution in [-0.4, -0.2) is 24.4 Å². The third kappa shape index (κ3) is 4.32. The van der Waals surface area contributed by atoms with E-state index in [0.717, 1.165) is 25.7 Å². The largest absolute Gasteiger partial charge is 0.330 e. The molecule has 7 nitrogen and oxygen atoms in total. The normalized spacial score (nSPS) is 19.8. The van der Waals surface area contributed by atoms with Crippen molar-refractivity contribution in [3.8, 4) is 0 Å². The van der Waals surface area contributed by atoms with Gasteiger partial charge in [-0.25, -0.2) is 4.79 Å². The summed E-state index contributed by atoms with van der Waals surface area (Å²) in [5.74, 6) is -0.471. The number of urea groups is 1. The van der Waals surface area contributed by atoms with Gasteiger partial charge < -0.3 is 16.4 Å². The maximum Gasteiger partial charge on any atom is 0.322 e. The fraction of sp³-hybridized carbons (Fsp3) is 0.471. The highest BCUT2D eigenvalue weighted by Gasteiger charge is 2.43. The highest BCUT2D eigenvalue weighted by Crippen LogP contribution is 2.26. The van der Waals surface area contributed by atoms with Crippen LogP contribution in [0.4, 0.5) is 10.5 Å². The maximum atomic E-state index is 12.0. The molecule has 7 heteroatoms. The standard InChI is InChI=1S/C17H24N4O3/c1-17(15(23)20-16(24)21-17)12-7-6-8-13(11-12)19-14(22)9-4-2-3-5-10-18/h6-8,11H,2-5,9-10,18H2,1H3,(H,19,22)(H2,20,21,23,24). The first-order chi connectivity index (χ1) is 11.5. The van der Waals surface area contributed by atoms with E-state index in [1.54, 1.807) is 31.2 Å². The molecule has 1 aromatic rings. The molecule has 1 aromatic carbocycles. The highest BCUT2D eigenvalue weighted by atomic mass is 16.2. The molecule has 0 aromatic heterocycles. The first kappa shape index (κ1) is 17.9. The minimum atomic E-state index is -1.12. The van der Waals surface area contributed by atoms with Crippen LogP contribution in [0, 0.1) is 0 Å². The highest BCUT2D eigenvalue weighted by molar-refractivity contribution is 6.07. The minimum Gasteiger partial charge on any atom is -0.330 e. The molecule has 4 amide bonds. The van der Waals surface area contributed by atoms with Crippen LogP contribution >= 0.6 is 0 Å². The molecule has 0 radical (unpaired) electrons. The van der Waals surface area contributed by atoms with E-state index in [9.17, 15) is 14.4 Å². The van der Waals surface area contributed by atoms with Crippen LogP contribution in [0.1, 0.15) is 44.6 Å². The van der Waals surface area contributed by atoms with Crippen molar-refractivity contribution in [2.45, 2.75) is 44.6 Å². The Morgan fingerprint density at radius 1 is 1.21 bits per heavy atom. The summed E-state index contributed by atoms with van der Waals surface area (Å²) >= 11 is 0. The Balaban J connectivity index is 1.94. The Morgan fingerprint density at radius 2 is 1.96 bits per heavy atom. The number of carbonyl (C=O) groups is 3. The van der Waals surface area contributed by atoms with E-state index >= 15 is 0 Å². The van der Waals surface area contributed by atoms with Gasteiger partial charge in [-0.15, -0.1) is 0 Å². The van der Waals surface area contributed by atoms with E-state index in [1.807, 2.05) is 0 Å². The predicted octanol–water partition coefficient (Wildman–Crippen LogP) is 1.59. The number of imide groups is 1. The van der Waals surface area contributed by atoms with Gasteiger partial charge in [-0.2, -0.15) is 0 Å². The molecule has 1 aliphatic rings. The smallest absolute Gasteiger partial charge is 0.322 e. The van der Waals surface area contributed by atoms with Crippen LogP contribution in [0.15, 0.2) is 24.3 Å². The molecule has 1 saturated heterocycles. The van der Waals surface area contributed by atoms with Crippen LogP contribution in [-0.2, 0) is 15.1 Å². The summed E-state index contributed by atoms with van der Waals surface area (Å²) in [4.78, 5) is 35.3. The van der Waals surface area contributed by atoms with Gasteiger partial charge in [0.1, 0.15) is 5.54 Å². The van der Waals surface area contributed by atoms with Gasteiger partial charge >= 0.3 is 6.03 Å². The summed E-state index contributed by atoms with van der Waals surface area (Å²) in [6, 6.07) is 6.43. The lowest BCUT2D eigenvalue weighted by Gasteiger charge is -2.21. The zero-order chi connectivity index (χ0) is 17.6. The van der Waals surface area contributed by atoms with Crippen LogP contribution in [0.2, 0.25) is 0 Å². The van der Waals surface area contributed by atoms with Gasteiger partial charge in [0.15, 0.2) is 0 Å². The van der Waals surface area contributed by atoms with Crippen LogP contribution in [0.25, 0.3) is 0 Å². The molecule has 1 atom stereocenters. The van der Waals surface area contributed by atoms with Gasteiger partial charge in [-0.1, -0.05) is 25.0 Å². The molecule has 24 heavy (non-hydrogen) atoms. The lowest BCUT2D eigenvalue weighted by molar-refractivity contribution is -0.123. The zero-order valence-electron chi connectivity index (χ0n) is 13.9. The summed E-state index contributed by atoms with van der Waals surface area (Å²) in [7, 11) is 0. The number of benzene rings is 1. The fourth-order valence-corrected chi connectivity index (χ4v) is 2.66. The van der Waals surface area contributed by atoms with Crippen molar-refractivity contribution in [3.05, 3.63) is 29.8 Å². The average molecular weight is 332 g/mol. The van der Waals surface area contributed by atoms with E-state index in [0.29, 0.717) is 24.2 Å². The molecule has 0 saturated carbocycles. The number of nitrogens with two attached hydrogens (primary N) is 1. The summed E-state index contributed by atoms with van der Waals surface area (Å²) in [6.45, 7) is 2.31. The molecule has 0 aliphatic carbocycles. The summed E-state index contributed by atoms with van der Waals surface area (Å²) in [5, 5.41) is 7.67. The van der Waals surface area contributed by atoms with Crippen molar-refractivity contribution in [2.24, 2.45) is 5.73 Å². The zero-order valence-corrected chi connectivity index (χ0v) is 13.9. The quantitative estimate of drug-likeness (QED) is 0.427. The van der Waals surface area contributed by atoms with E-state index in [-0.39, 0.29) is 5.91 Å². The van der Waals surface area contributed by atoms with Crippen LogP contribution < -0.4 is 21.7 Å².